The predicted octanol–water partition coefficient (Wildman–Crippen LogP) is 4.66. The number of aromatic nitrogens is 1. The number of carbonyl (C=O) groups excluding carboxylic acids is 2. The summed E-state index contributed by atoms with van der Waals surface area (Å²) >= 11 is 0. The molecule has 2 amide bonds. The van der Waals surface area contributed by atoms with Gasteiger partial charge in [-0.1, -0.05) is 31.0 Å². The predicted molar refractivity (Wildman–Crippen MR) is 124 cm³/mol. The van der Waals surface area contributed by atoms with Crippen LogP contribution in [0.4, 0.5) is 0 Å². The molecule has 2 fully saturated rings. The van der Waals surface area contributed by atoms with Gasteiger partial charge in [0.25, 0.3) is 5.91 Å². The van der Waals surface area contributed by atoms with Crippen molar-refractivity contribution >= 4 is 11.8 Å². The molecule has 2 aliphatic heterocycles. The zero-order valence-electron chi connectivity index (χ0n) is 19.2. The minimum atomic E-state index is 0.0709. The third-order valence-corrected chi connectivity index (χ3v) is 7.07. The molecule has 0 N–H and O–H groups in total. The third kappa shape index (κ3) is 4.41. The Labute approximate surface area is 186 Å². The molecule has 1 aromatic heterocycles. The van der Waals surface area contributed by atoms with Gasteiger partial charge in [0.1, 0.15) is 0 Å². The highest BCUT2D eigenvalue weighted by molar-refractivity contribution is 5.96. The fourth-order valence-corrected chi connectivity index (χ4v) is 5.21. The summed E-state index contributed by atoms with van der Waals surface area (Å²) in [5, 5.41) is 0. The summed E-state index contributed by atoms with van der Waals surface area (Å²) < 4.78 is 2.18. The highest BCUT2D eigenvalue weighted by atomic mass is 16.2. The Bertz CT molecular complexity index is 946. The molecular weight excluding hydrogens is 386 g/mol. The second-order valence-electron chi connectivity index (χ2n) is 9.21. The first kappa shape index (κ1) is 21.7. The van der Waals surface area contributed by atoms with E-state index < -0.39 is 0 Å². The minimum Gasteiger partial charge on any atom is -0.342 e. The standard InChI is InChI=1S/C26H35N3O2/c1-19-10-6-7-11-24(19)29-20(2)18-23(21(29)3)26(31)28-16-12-22(13-17-28)25(30)27-14-8-4-5-9-15-27/h6-7,10-11,18,22H,4-5,8-9,12-17H2,1-3H3. The van der Waals surface area contributed by atoms with Crippen molar-refractivity contribution in [1.82, 2.24) is 14.4 Å². The van der Waals surface area contributed by atoms with Crippen LogP contribution < -0.4 is 0 Å². The largest absolute Gasteiger partial charge is 0.342 e. The monoisotopic (exact) mass is 421 g/mol. The van der Waals surface area contributed by atoms with E-state index in [1.165, 1.54) is 18.4 Å². The van der Waals surface area contributed by atoms with Crippen molar-refractivity contribution in [1.29, 1.82) is 0 Å². The fraction of sp³-hybridized carbons (Fsp3) is 0.538. The van der Waals surface area contributed by atoms with E-state index in [4.69, 9.17) is 0 Å². The summed E-state index contributed by atoms with van der Waals surface area (Å²) in [7, 11) is 0. The van der Waals surface area contributed by atoms with E-state index in [1.54, 1.807) is 0 Å². The number of nitrogens with zero attached hydrogens (tertiary/aromatic N) is 3. The Morgan fingerprint density at radius 3 is 2.13 bits per heavy atom. The molecule has 31 heavy (non-hydrogen) atoms. The second-order valence-corrected chi connectivity index (χ2v) is 9.21. The van der Waals surface area contributed by atoms with Gasteiger partial charge in [-0.3, -0.25) is 9.59 Å². The van der Waals surface area contributed by atoms with Gasteiger partial charge in [-0.25, -0.2) is 0 Å². The van der Waals surface area contributed by atoms with Crippen LogP contribution in [-0.4, -0.2) is 52.4 Å². The lowest BCUT2D eigenvalue weighted by Crippen LogP contribution is -2.44. The summed E-state index contributed by atoms with van der Waals surface area (Å²) in [6, 6.07) is 10.3. The molecule has 5 nitrogen and oxygen atoms in total. The Kier molecular flexibility index (Phi) is 6.49. The summed E-state index contributed by atoms with van der Waals surface area (Å²) in [4.78, 5) is 30.3. The molecule has 0 saturated carbocycles. The lowest BCUT2D eigenvalue weighted by atomic mass is 9.94. The van der Waals surface area contributed by atoms with Gasteiger partial charge >= 0.3 is 0 Å². The maximum Gasteiger partial charge on any atom is 0.255 e. The average molecular weight is 422 g/mol. The van der Waals surface area contributed by atoms with Gasteiger partial charge in [0.15, 0.2) is 0 Å². The van der Waals surface area contributed by atoms with Gasteiger partial charge in [-0.05, 0) is 64.2 Å². The van der Waals surface area contributed by atoms with Crippen LogP contribution in [0.2, 0.25) is 0 Å². The molecule has 1 aromatic carbocycles. The van der Waals surface area contributed by atoms with Crippen LogP contribution in [0.1, 0.15) is 65.8 Å². The van der Waals surface area contributed by atoms with E-state index in [0.717, 1.165) is 61.4 Å². The highest BCUT2D eigenvalue weighted by Crippen LogP contribution is 2.27. The van der Waals surface area contributed by atoms with Gasteiger partial charge in [0, 0.05) is 49.2 Å². The van der Waals surface area contributed by atoms with Gasteiger partial charge in [0.05, 0.1) is 5.56 Å². The molecule has 0 spiro atoms. The molecule has 0 atom stereocenters. The second kappa shape index (κ2) is 9.29. The Hall–Kier alpha value is -2.56. The molecule has 0 radical (unpaired) electrons. The Balaban J connectivity index is 1.44. The topological polar surface area (TPSA) is 45.6 Å². The molecule has 5 heteroatoms. The molecule has 4 rings (SSSR count). The van der Waals surface area contributed by atoms with E-state index in [0.29, 0.717) is 19.0 Å². The van der Waals surface area contributed by atoms with Crippen molar-refractivity contribution in [2.24, 2.45) is 5.92 Å². The Morgan fingerprint density at radius 1 is 0.839 bits per heavy atom. The summed E-state index contributed by atoms with van der Waals surface area (Å²) in [6.45, 7) is 9.33. The van der Waals surface area contributed by atoms with Crippen LogP contribution >= 0.6 is 0 Å². The van der Waals surface area contributed by atoms with Crippen LogP contribution in [0.15, 0.2) is 30.3 Å². The molecule has 0 unspecified atom stereocenters. The number of hydrogen-bond donors (Lipinski definition) is 0. The SMILES string of the molecule is Cc1ccccc1-n1c(C)cc(C(=O)N2CCC(C(=O)N3CCCCCC3)CC2)c1C. The zero-order valence-corrected chi connectivity index (χ0v) is 19.2. The first-order valence-electron chi connectivity index (χ1n) is 11.8. The third-order valence-electron chi connectivity index (χ3n) is 7.07. The zero-order chi connectivity index (χ0) is 22.0. The number of carbonyl (C=O) groups is 2. The first-order valence-corrected chi connectivity index (χ1v) is 11.8. The number of para-hydroxylation sites is 1. The van der Waals surface area contributed by atoms with Crippen molar-refractivity contribution in [2.75, 3.05) is 26.2 Å². The molecule has 0 aliphatic carbocycles. The van der Waals surface area contributed by atoms with Crippen molar-refractivity contribution in [2.45, 2.75) is 59.3 Å². The van der Waals surface area contributed by atoms with E-state index >= 15 is 0 Å². The van der Waals surface area contributed by atoms with Crippen molar-refractivity contribution in [3.63, 3.8) is 0 Å². The van der Waals surface area contributed by atoms with Crippen LogP contribution in [0.3, 0.4) is 0 Å². The average Bonchev–Trinajstić information content (AvgIpc) is 2.95. The summed E-state index contributed by atoms with van der Waals surface area (Å²) in [5.74, 6) is 0.474. The summed E-state index contributed by atoms with van der Waals surface area (Å²) in [6.07, 6.45) is 6.27. The number of likely N-dealkylation sites (tertiary alicyclic amines) is 2. The van der Waals surface area contributed by atoms with Gasteiger partial charge < -0.3 is 14.4 Å². The molecule has 3 heterocycles. The van der Waals surface area contributed by atoms with Crippen molar-refractivity contribution in [3.05, 3.63) is 52.8 Å². The van der Waals surface area contributed by atoms with Crippen LogP contribution in [-0.2, 0) is 4.79 Å². The highest BCUT2D eigenvalue weighted by Gasteiger charge is 2.31. The van der Waals surface area contributed by atoms with Crippen LogP contribution in [0, 0.1) is 26.7 Å². The molecule has 2 saturated heterocycles. The summed E-state index contributed by atoms with van der Waals surface area (Å²) in [5.41, 5.74) is 5.15. The fourth-order valence-electron chi connectivity index (χ4n) is 5.21. The van der Waals surface area contributed by atoms with Gasteiger partial charge in [-0.2, -0.15) is 0 Å². The number of hydrogen-bond acceptors (Lipinski definition) is 2. The van der Waals surface area contributed by atoms with Crippen LogP contribution in [0.25, 0.3) is 5.69 Å². The van der Waals surface area contributed by atoms with Gasteiger partial charge in [0.2, 0.25) is 5.91 Å². The molecule has 166 valence electrons. The van der Waals surface area contributed by atoms with Crippen molar-refractivity contribution < 1.29 is 9.59 Å². The van der Waals surface area contributed by atoms with Gasteiger partial charge in [-0.15, -0.1) is 0 Å². The molecule has 0 bridgehead atoms. The maximum absolute atomic E-state index is 13.3. The normalized spacial score (nSPS) is 18.2. The number of aryl methyl sites for hydroxylation is 2. The molecular formula is C26H35N3O2. The number of piperidine rings is 1. The minimum absolute atomic E-state index is 0.0709. The quantitative estimate of drug-likeness (QED) is 0.724. The van der Waals surface area contributed by atoms with Crippen LogP contribution in [0.5, 0.6) is 0 Å². The van der Waals surface area contributed by atoms with Crippen molar-refractivity contribution in [3.8, 4) is 5.69 Å². The van der Waals surface area contributed by atoms with E-state index in [2.05, 4.69) is 35.4 Å². The molecule has 2 aromatic rings. The maximum atomic E-state index is 13.3. The molecule has 2 aliphatic rings. The smallest absolute Gasteiger partial charge is 0.255 e. The Morgan fingerprint density at radius 2 is 1.48 bits per heavy atom. The lowest BCUT2D eigenvalue weighted by molar-refractivity contribution is -0.136. The van der Waals surface area contributed by atoms with E-state index in [-0.39, 0.29) is 11.8 Å². The lowest BCUT2D eigenvalue weighted by Gasteiger charge is -2.34. The van der Waals surface area contributed by atoms with E-state index in [9.17, 15) is 9.59 Å². The number of amides is 2. The number of benzene rings is 1. The number of rotatable bonds is 3. The van der Waals surface area contributed by atoms with E-state index in [1.807, 2.05) is 30.0 Å². The first-order chi connectivity index (χ1) is 15.0.